The predicted molar refractivity (Wildman–Crippen MR) is 79.1 cm³/mol. The minimum Gasteiger partial charge on any atom is -0.336 e. The number of nitrogens with zero attached hydrogens (tertiary/aromatic N) is 3. The number of hydrogen-bond acceptors (Lipinski definition) is 3. The van der Waals surface area contributed by atoms with Gasteiger partial charge in [-0.15, -0.1) is 0 Å². The Hall–Kier alpha value is -2.09. The Bertz CT molecular complexity index is 717. The van der Waals surface area contributed by atoms with E-state index < -0.39 is 12.0 Å². The maximum atomic E-state index is 12.7. The number of aromatic amines is 1. The third-order valence-corrected chi connectivity index (χ3v) is 4.10. The van der Waals surface area contributed by atoms with E-state index in [0.717, 1.165) is 19.6 Å². The van der Waals surface area contributed by atoms with Gasteiger partial charge in [-0.05, 0) is 24.7 Å². The minimum atomic E-state index is -4.53. The van der Waals surface area contributed by atoms with E-state index in [1.54, 1.807) is 4.90 Å². The van der Waals surface area contributed by atoms with Gasteiger partial charge in [-0.1, -0.05) is 6.92 Å². The molecular formula is C15H17F3N4O. The van der Waals surface area contributed by atoms with Crippen LogP contribution in [0.1, 0.15) is 23.1 Å². The van der Waals surface area contributed by atoms with Crippen LogP contribution < -0.4 is 0 Å². The largest absolute Gasteiger partial charge is 0.449 e. The van der Waals surface area contributed by atoms with Gasteiger partial charge in [0.2, 0.25) is 5.82 Å². The molecule has 1 N–H and O–H groups in total. The molecule has 5 nitrogen and oxygen atoms in total. The molecule has 124 valence electrons. The van der Waals surface area contributed by atoms with Gasteiger partial charge in [0.25, 0.3) is 5.91 Å². The highest BCUT2D eigenvalue weighted by Crippen LogP contribution is 2.28. The van der Waals surface area contributed by atoms with Gasteiger partial charge < -0.3 is 14.8 Å². The zero-order chi connectivity index (χ0) is 16.6. The van der Waals surface area contributed by atoms with Gasteiger partial charge in [0.15, 0.2) is 0 Å². The van der Waals surface area contributed by atoms with E-state index in [9.17, 15) is 18.0 Å². The summed E-state index contributed by atoms with van der Waals surface area (Å²) in [6.07, 6.45) is -4.53. The van der Waals surface area contributed by atoms with Crippen molar-refractivity contribution in [1.82, 2.24) is 19.8 Å². The first-order valence-corrected chi connectivity index (χ1v) is 7.47. The molecule has 1 aromatic carbocycles. The number of carbonyl (C=O) groups is 1. The number of piperazine rings is 1. The molecule has 0 radical (unpaired) electrons. The van der Waals surface area contributed by atoms with Crippen LogP contribution in [0.15, 0.2) is 18.2 Å². The summed E-state index contributed by atoms with van der Waals surface area (Å²) in [5, 5.41) is 0. The van der Waals surface area contributed by atoms with Crippen molar-refractivity contribution in [2.75, 3.05) is 32.7 Å². The lowest BCUT2D eigenvalue weighted by atomic mass is 10.1. The van der Waals surface area contributed by atoms with Gasteiger partial charge in [0, 0.05) is 31.7 Å². The number of nitrogens with one attached hydrogen (secondary N) is 1. The average Bonchev–Trinajstić information content (AvgIpc) is 2.97. The number of fused-ring (bicyclic) bond motifs is 1. The van der Waals surface area contributed by atoms with Crippen LogP contribution in [-0.4, -0.2) is 58.4 Å². The Morgan fingerprint density at radius 3 is 2.57 bits per heavy atom. The highest BCUT2D eigenvalue weighted by atomic mass is 19.4. The van der Waals surface area contributed by atoms with Crippen molar-refractivity contribution >= 4 is 16.9 Å². The van der Waals surface area contributed by atoms with Crippen molar-refractivity contribution in [3.63, 3.8) is 0 Å². The molecular weight excluding hydrogens is 309 g/mol. The fraction of sp³-hybridized carbons (Fsp3) is 0.467. The molecule has 3 rings (SSSR count). The summed E-state index contributed by atoms with van der Waals surface area (Å²) in [7, 11) is 0. The number of benzene rings is 1. The van der Waals surface area contributed by atoms with Crippen molar-refractivity contribution in [1.29, 1.82) is 0 Å². The van der Waals surface area contributed by atoms with E-state index in [1.807, 2.05) is 0 Å². The summed E-state index contributed by atoms with van der Waals surface area (Å²) in [4.78, 5) is 22.2. The van der Waals surface area contributed by atoms with E-state index in [0.29, 0.717) is 18.7 Å². The second-order valence-corrected chi connectivity index (χ2v) is 5.54. The second-order valence-electron chi connectivity index (χ2n) is 5.54. The number of aromatic nitrogens is 2. The number of halogens is 3. The minimum absolute atomic E-state index is 0.161. The molecule has 2 heterocycles. The third-order valence-electron chi connectivity index (χ3n) is 4.10. The quantitative estimate of drug-likeness (QED) is 0.922. The fourth-order valence-electron chi connectivity index (χ4n) is 2.73. The van der Waals surface area contributed by atoms with Crippen LogP contribution >= 0.6 is 0 Å². The SMILES string of the molecule is CCN1CCN(C(=O)c2ccc3nc(C(F)(F)F)[nH]c3c2)CC1. The Kier molecular flexibility index (Phi) is 4.01. The molecule has 2 aromatic rings. The van der Waals surface area contributed by atoms with Gasteiger partial charge in [0.1, 0.15) is 0 Å². The summed E-state index contributed by atoms with van der Waals surface area (Å²) in [6.45, 7) is 5.90. The van der Waals surface area contributed by atoms with Crippen molar-refractivity contribution in [3.05, 3.63) is 29.6 Å². The van der Waals surface area contributed by atoms with Crippen molar-refractivity contribution in [2.24, 2.45) is 0 Å². The van der Waals surface area contributed by atoms with Crippen LogP contribution in [0.2, 0.25) is 0 Å². The molecule has 8 heteroatoms. The Balaban J connectivity index is 1.81. The number of hydrogen-bond donors (Lipinski definition) is 1. The molecule has 1 aliphatic heterocycles. The van der Waals surface area contributed by atoms with Gasteiger partial charge >= 0.3 is 6.18 Å². The van der Waals surface area contributed by atoms with Crippen LogP contribution in [0.25, 0.3) is 11.0 Å². The lowest BCUT2D eigenvalue weighted by molar-refractivity contribution is -0.144. The van der Waals surface area contributed by atoms with Crippen molar-refractivity contribution < 1.29 is 18.0 Å². The highest BCUT2D eigenvalue weighted by molar-refractivity contribution is 5.97. The maximum Gasteiger partial charge on any atom is 0.449 e. The predicted octanol–water partition coefficient (Wildman–Crippen LogP) is 2.36. The standard InChI is InChI=1S/C15H17F3N4O/c1-2-21-5-7-22(8-6-21)13(23)10-3-4-11-12(9-10)20-14(19-11)15(16,17)18/h3-4,9H,2,5-8H2,1H3,(H,19,20). The average molecular weight is 326 g/mol. The molecule has 1 amide bonds. The number of alkyl halides is 3. The van der Waals surface area contributed by atoms with Gasteiger partial charge in [-0.25, -0.2) is 4.98 Å². The number of amides is 1. The Labute approximate surface area is 131 Å². The third kappa shape index (κ3) is 3.17. The molecule has 1 saturated heterocycles. The van der Waals surface area contributed by atoms with E-state index in [1.165, 1.54) is 18.2 Å². The van der Waals surface area contributed by atoms with E-state index in [-0.39, 0.29) is 16.9 Å². The number of carbonyl (C=O) groups excluding carboxylic acids is 1. The lowest BCUT2D eigenvalue weighted by Gasteiger charge is -2.34. The van der Waals surface area contributed by atoms with Gasteiger partial charge in [-0.2, -0.15) is 13.2 Å². The first-order chi connectivity index (χ1) is 10.9. The van der Waals surface area contributed by atoms with Crippen LogP contribution in [0.4, 0.5) is 13.2 Å². The summed E-state index contributed by atoms with van der Waals surface area (Å²) in [5.41, 5.74) is 0.792. The van der Waals surface area contributed by atoms with Crippen molar-refractivity contribution in [3.8, 4) is 0 Å². The zero-order valence-corrected chi connectivity index (χ0v) is 12.7. The molecule has 1 aliphatic rings. The van der Waals surface area contributed by atoms with Crippen LogP contribution in [0.5, 0.6) is 0 Å². The molecule has 23 heavy (non-hydrogen) atoms. The fourth-order valence-corrected chi connectivity index (χ4v) is 2.73. The number of H-pyrrole nitrogens is 1. The number of likely N-dealkylation sites (N-methyl/N-ethyl adjacent to an activating group) is 1. The Morgan fingerprint density at radius 1 is 1.26 bits per heavy atom. The first kappa shape index (κ1) is 15.8. The molecule has 1 aromatic heterocycles. The van der Waals surface area contributed by atoms with Gasteiger partial charge in [-0.3, -0.25) is 4.79 Å². The topological polar surface area (TPSA) is 52.2 Å². The van der Waals surface area contributed by atoms with E-state index in [4.69, 9.17) is 0 Å². The smallest absolute Gasteiger partial charge is 0.336 e. The van der Waals surface area contributed by atoms with Gasteiger partial charge in [0.05, 0.1) is 11.0 Å². The molecule has 1 fully saturated rings. The van der Waals surface area contributed by atoms with Crippen LogP contribution in [0.3, 0.4) is 0 Å². The summed E-state index contributed by atoms with van der Waals surface area (Å²) < 4.78 is 38.0. The molecule has 0 saturated carbocycles. The molecule has 0 atom stereocenters. The Morgan fingerprint density at radius 2 is 1.96 bits per heavy atom. The zero-order valence-electron chi connectivity index (χ0n) is 12.7. The molecule has 0 bridgehead atoms. The second kappa shape index (κ2) is 5.84. The summed E-state index contributed by atoms with van der Waals surface area (Å²) >= 11 is 0. The lowest BCUT2D eigenvalue weighted by Crippen LogP contribution is -2.48. The summed E-state index contributed by atoms with van der Waals surface area (Å²) in [6, 6.07) is 4.40. The van der Waals surface area contributed by atoms with Crippen LogP contribution in [0, 0.1) is 0 Å². The number of imidazole rings is 1. The monoisotopic (exact) mass is 326 g/mol. The molecule has 0 unspecified atom stereocenters. The highest BCUT2D eigenvalue weighted by Gasteiger charge is 2.34. The maximum absolute atomic E-state index is 12.7. The normalized spacial score (nSPS) is 17.0. The number of rotatable bonds is 2. The molecule has 0 spiro atoms. The van der Waals surface area contributed by atoms with E-state index in [2.05, 4.69) is 21.8 Å². The first-order valence-electron chi connectivity index (χ1n) is 7.47. The molecule has 0 aliphatic carbocycles. The van der Waals surface area contributed by atoms with Crippen LogP contribution in [-0.2, 0) is 6.18 Å². The van der Waals surface area contributed by atoms with E-state index >= 15 is 0 Å². The van der Waals surface area contributed by atoms with Crippen molar-refractivity contribution in [2.45, 2.75) is 13.1 Å². The summed E-state index contributed by atoms with van der Waals surface area (Å²) in [5.74, 6) is -1.21.